The highest BCUT2D eigenvalue weighted by atomic mass is 32.2. The van der Waals surface area contributed by atoms with E-state index in [0.29, 0.717) is 24.3 Å². The number of anilines is 1. The fraction of sp³-hybridized carbons (Fsp3) is 0.318. The summed E-state index contributed by atoms with van der Waals surface area (Å²) in [7, 11) is 1.46. The van der Waals surface area contributed by atoms with E-state index >= 15 is 0 Å². The zero-order valence-electron chi connectivity index (χ0n) is 16.9. The van der Waals surface area contributed by atoms with Gasteiger partial charge in [-0.05, 0) is 41.6 Å². The molecule has 0 radical (unpaired) electrons. The minimum Gasteiger partial charge on any atom is -0.375 e. The Labute approximate surface area is 179 Å². The number of nitrogens with zero attached hydrogens (tertiary/aromatic N) is 2. The SMILES string of the molecule is COCC(=O)N1CCN2C(=O)c3cc(-c4ccc(SC)cc4)ccc3NC(=O)C2C1. The smallest absolute Gasteiger partial charge is 0.256 e. The minimum absolute atomic E-state index is 0.0405. The van der Waals surface area contributed by atoms with Crippen LogP contribution in [0.5, 0.6) is 0 Å². The Bertz CT molecular complexity index is 992. The zero-order valence-corrected chi connectivity index (χ0v) is 17.7. The average molecular weight is 426 g/mol. The molecule has 1 saturated heterocycles. The number of amides is 3. The topological polar surface area (TPSA) is 79.0 Å². The summed E-state index contributed by atoms with van der Waals surface area (Å²) in [5.41, 5.74) is 2.88. The molecular weight excluding hydrogens is 402 g/mol. The third-order valence-electron chi connectivity index (χ3n) is 5.50. The summed E-state index contributed by atoms with van der Waals surface area (Å²) in [4.78, 5) is 42.6. The van der Waals surface area contributed by atoms with Crippen LogP contribution in [-0.2, 0) is 14.3 Å². The van der Waals surface area contributed by atoms with Crippen molar-refractivity contribution < 1.29 is 19.1 Å². The molecule has 2 aromatic carbocycles. The Morgan fingerprint density at radius 1 is 1.13 bits per heavy atom. The lowest BCUT2D eigenvalue weighted by Crippen LogP contribution is -2.59. The minimum atomic E-state index is -0.719. The van der Waals surface area contributed by atoms with Crippen molar-refractivity contribution in [3.8, 4) is 11.1 Å². The van der Waals surface area contributed by atoms with Gasteiger partial charge in [-0.2, -0.15) is 0 Å². The number of fused-ring (bicyclic) bond motifs is 2. The first kappa shape index (κ1) is 20.4. The maximum Gasteiger partial charge on any atom is 0.256 e. The van der Waals surface area contributed by atoms with Gasteiger partial charge in [-0.3, -0.25) is 14.4 Å². The van der Waals surface area contributed by atoms with Crippen molar-refractivity contribution in [2.45, 2.75) is 10.9 Å². The van der Waals surface area contributed by atoms with Crippen LogP contribution in [-0.4, -0.2) is 73.2 Å². The van der Waals surface area contributed by atoms with Crippen molar-refractivity contribution in [2.75, 3.05) is 44.9 Å². The van der Waals surface area contributed by atoms with Gasteiger partial charge in [0, 0.05) is 25.1 Å². The fourth-order valence-electron chi connectivity index (χ4n) is 3.86. The normalized spacial score (nSPS) is 18.4. The summed E-state index contributed by atoms with van der Waals surface area (Å²) >= 11 is 1.67. The first-order chi connectivity index (χ1) is 14.5. The van der Waals surface area contributed by atoms with Crippen molar-refractivity contribution in [1.29, 1.82) is 0 Å². The van der Waals surface area contributed by atoms with Crippen molar-refractivity contribution >= 4 is 35.2 Å². The number of benzene rings is 2. The zero-order chi connectivity index (χ0) is 21.3. The number of hydrogen-bond donors (Lipinski definition) is 1. The lowest BCUT2D eigenvalue weighted by Gasteiger charge is -2.39. The third kappa shape index (κ3) is 3.80. The van der Waals surface area contributed by atoms with Crippen molar-refractivity contribution in [3.63, 3.8) is 0 Å². The van der Waals surface area contributed by atoms with Crippen LogP contribution in [0.3, 0.4) is 0 Å². The van der Waals surface area contributed by atoms with Crippen LogP contribution in [0, 0.1) is 0 Å². The van der Waals surface area contributed by atoms with Crippen LogP contribution in [0.25, 0.3) is 11.1 Å². The molecule has 1 unspecified atom stereocenters. The van der Waals surface area contributed by atoms with E-state index in [1.54, 1.807) is 27.6 Å². The van der Waals surface area contributed by atoms with E-state index in [2.05, 4.69) is 5.32 Å². The van der Waals surface area contributed by atoms with Gasteiger partial charge in [-0.25, -0.2) is 0 Å². The van der Waals surface area contributed by atoms with E-state index in [0.717, 1.165) is 11.1 Å². The highest BCUT2D eigenvalue weighted by Crippen LogP contribution is 2.31. The third-order valence-corrected chi connectivity index (χ3v) is 6.24. The second-order valence-corrected chi connectivity index (χ2v) is 8.14. The number of thioether (sulfide) groups is 1. The molecule has 0 aromatic heterocycles. The molecule has 2 heterocycles. The van der Waals surface area contributed by atoms with Gasteiger partial charge in [0.25, 0.3) is 5.91 Å². The Morgan fingerprint density at radius 3 is 2.57 bits per heavy atom. The van der Waals surface area contributed by atoms with E-state index in [1.807, 2.05) is 42.7 Å². The molecule has 0 saturated carbocycles. The van der Waals surface area contributed by atoms with E-state index in [4.69, 9.17) is 4.74 Å². The summed E-state index contributed by atoms with van der Waals surface area (Å²) in [6.45, 7) is 0.805. The number of piperazine rings is 1. The largest absolute Gasteiger partial charge is 0.375 e. The molecule has 7 nitrogen and oxygen atoms in total. The van der Waals surface area contributed by atoms with E-state index in [-0.39, 0.29) is 30.9 Å². The molecule has 1 atom stereocenters. The van der Waals surface area contributed by atoms with Crippen LogP contribution in [0.1, 0.15) is 10.4 Å². The highest BCUT2D eigenvalue weighted by Gasteiger charge is 2.40. The lowest BCUT2D eigenvalue weighted by molar-refractivity contribution is -0.139. The quantitative estimate of drug-likeness (QED) is 0.761. The van der Waals surface area contributed by atoms with Crippen molar-refractivity contribution in [3.05, 3.63) is 48.0 Å². The maximum absolute atomic E-state index is 13.3. The van der Waals surface area contributed by atoms with Gasteiger partial charge in [0.15, 0.2) is 0 Å². The lowest BCUT2D eigenvalue weighted by atomic mass is 10.0. The average Bonchev–Trinajstić information content (AvgIpc) is 2.88. The van der Waals surface area contributed by atoms with Gasteiger partial charge in [0.1, 0.15) is 12.6 Å². The van der Waals surface area contributed by atoms with Crippen LogP contribution in [0.4, 0.5) is 5.69 Å². The molecular formula is C22H23N3O4S. The van der Waals surface area contributed by atoms with Gasteiger partial charge in [0.05, 0.1) is 17.8 Å². The molecule has 0 bridgehead atoms. The number of carbonyl (C=O) groups excluding carboxylic acids is 3. The standard InChI is InChI=1S/C22H23N3O4S/c1-29-13-20(26)24-9-10-25-19(12-24)21(27)23-18-8-5-15(11-17(18)22(25)28)14-3-6-16(30-2)7-4-14/h3-8,11,19H,9-10,12-13H2,1-2H3,(H,23,27). The number of nitrogens with one attached hydrogen (secondary N) is 1. The first-order valence-corrected chi connectivity index (χ1v) is 10.9. The number of carbonyl (C=O) groups is 3. The van der Waals surface area contributed by atoms with Gasteiger partial charge in [-0.1, -0.05) is 18.2 Å². The van der Waals surface area contributed by atoms with Gasteiger partial charge < -0.3 is 19.9 Å². The summed E-state index contributed by atoms with van der Waals surface area (Å²) in [6, 6.07) is 12.9. The Morgan fingerprint density at radius 2 is 1.87 bits per heavy atom. The number of methoxy groups -OCH3 is 1. The number of hydrogen-bond acceptors (Lipinski definition) is 5. The van der Waals surface area contributed by atoms with Gasteiger partial charge >= 0.3 is 0 Å². The maximum atomic E-state index is 13.3. The van der Waals surface area contributed by atoms with Crippen LogP contribution < -0.4 is 5.32 Å². The molecule has 156 valence electrons. The summed E-state index contributed by atoms with van der Waals surface area (Å²) in [5.74, 6) is -0.668. The monoisotopic (exact) mass is 425 g/mol. The predicted molar refractivity (Wildman–Crippen MR) is 116 cm³/mol. The van der Waals surface area contributed by atoms with Crippen LogP contribution in [0.15, 0.2) is 47.4 Å². The Balaban J connectivity index is 1.63. The molecule has 4 rings (SSSR count). The molecule has 2 aliphatic rings. The molecule has 1 fully saturated rings. The van der Waals surface area contributed by atoms with Crippen LogP contribution in [0.2, 0.25) is 0 Å². The molecule has 1 N–H and O–H groups in total. The van der Waals surface area contributed by atoms with E-state index in [9.17, 15) is 14.4 Å². The van der Waals surface area contributed by atoms with Crippen molar-refractivity contribution in [1.82, 2.24) is 9.80 Å². The highest BCUT2D eigenvalue weighted by molar-refractivity contribution is 7.98. The second kappa shape index (κ2) is 8.49. The molecule has 8 heteroatoms. The Kier molecular flexibility index (Phi) is 5.78. The summed E-state index contributed by atoms with van der Waals surface area (Å²) in [6.07, 6.45) is 2.03. The van der Waals surface area contributed by atoms with Crippen molar-refractivity contribution in [2.24, 2.45) is 0 Å². The molecule has 30 heavy (non-hydrogen) atoms. The molecule has 2 aliphatic heterocycles. The summed E-state index contributed by atoms with van der Waals surface area (Å²) in [5, 5.41) is 2.87. The Hall–Kier alpha value is -2.84. The number of ether oxygens (including phenoxy) is 1. The molecule has 0 spiro atoms. The summed E-state index contributed by atoms with van der Waals surface area (Å²) < 4.78 is 4.91. The fourth-order valence-corrected chi connectivity index (χ4v) is 4.26. The van der Waals surface area contributed by atoms with Gasteiger partial charge in [0.2, 0.25) is 11.8 Å². The van der Waals surface area contributed by atoms with E-state index < -0.39 is 6.04 Å². The predicted octanol–water partition coefficient (Wildman–Crippen LogP) is 2.33. The van der Waals surface area contributed by atoms with Crippen LogP contribution >= 0.6 is 11.8 Å². The second-order valence-electron chi connectivity index (χ2n) is 7.27. The molecule has 3 amide bonds. The number of rotatable bonds is 4. The molecule has 2 aromatic rings. The molecule has 0 aliphatic carbocycles. The van der Waals surface area contributed by atoms with E-state index in [1.165, 1.54) is 12.0 Å². The first-order valence-electron chi connectivity index (χ1n) is 9.69. The van der Waals surface area contributed by atoms with Gasteiger partial charge in [-0.15, -0.1) is 11.8 Å².